The summed E-state index contributed by atoms with van der Waals surface area (Å²) in [5.41, 5.74) is 1.12. The van der Waals surface area contributed by atoms with E-state index in [0.717, 1.165) is 11.3 Å². The smallest absolute Gasteiger partial charge is 0.155 e. The summed E-state index contributed by atoms with van der Waals surface area (Å²) in [7, 11) is 1.62. The lowest BCUT2D eigenvalue weighted by atomic mass is 10.0. The number of hydrogen-bond acceptors (Lipinski definition) is 6. The minimum atomic E-state index is -0.741. The fraction of sp³-hybridized carbons (Fsp3) is 0.529. The molecule has 2 heterocycles. The van der Waals surface area contributed by atoms with Gasteiger partial charge in [0.2, 0.25) is 0 Å². The molecule has 0 radical (unpaired) electrons. The van der Waals surface area contributed by atoms with Gasteiger partial charge in [0, 0.05) is 0 Å². The number of methoxy groups -OCH3 is 1. The maximum atomic E-state index is 10.3. The quantitative estimate of drug-likeness (QED) is 0.906. The lowest BCUT2D eigenvalue weighted by molar-refractivity contribution is -0.290. The molecule has 1 N–H and O–H groups in total. The standard InChI is InChI=1S/C17H23NO5/c1-12-21-11-14(19)17(23-12)16-15(20-2)8-9-22-18(16)10-13-6-4-3-5-7-13/h3-8,12,14,16-17,19H,9-11H2,1-2H3/t12-,14-,16-,17-/m1/s1. The minimum Gasteiger partial charge on any atom is -0.499 e. The van der Waals surface area contributed by atoms with Crippen molar-refractivity contribution >= 4 is 0 Å². The second-order valence-electron chi connectivity index (χ2n) is 5.68. The molecule has 0 unspecified atom stereocenters. The third-order valence-corrected chi connectivity index (χ3v) is 4.08. The Morgan fingerprint density at radius 2 is 2.09 bits per heavy atom. The molecule has 2 aliphatic heterocycles. The molecule has 3 rings (SSSR count). The van der Waals surface area contributed by atoms with Gasteiger partial charge in [-0.25, -0.2) is 0 Å². The van der Waals surface area contributed by atoms with Gasteiger partial charge in [-0.05, 0) is 18.6 Å². The summed E-state index contributed by atoms with van der Waals surface area (Å²) in [4.78, 5) is 5.81. The van der Waals surface area contributed by atoms with Crippen LogP contribution in [0, 0.1) is 0 Å². The molecular formula is C17H23NO5. The van der Waals surface area contributed by atoms with Crippen molar-refractivity contribution in [2.45, 2.75) is 38.0 Å². The third kappa shape index (κ3) is 3.73. The lowest BCUT2D eigenvalue weighted by Crippen LogP contribution is -2.57. The molecule has 0 aromatic heterocycles. The predicted octanol–water partition coefficient (Wildman–Crippen LogP) is 1.45. The molecule has 6 heteroatoms. The number of hydroxylamine groups is 2. The summed E-state index contributed by atoms with van der Waals surface area (Å²) in [6.07, 6.45) is 0.285. The molecule has 1 saturated heterocycles. The molecule has 0 bridgehead atoms. The summed E-state index contributed by atoms with van der Waals surface area (Å²) in [5.74, 6) is 0.741. The Labute approximate surface area is 136 Å². The molecule has 0 saturated carbocycles. The van der Waals surface area contributed by atoms with Crippen LogP contribution in [-0.2, 0) is 25.6 Å². The first kappa shape index (κ1) is 16.4. The average molecular weight is 321 g/mol. The maximum Gasteiger partial charge on any atom is 0.155 e. The predicted molar refractivity (Wildman–Crippen MR) is 83.1 cm³/mol. The number of benzene rings is 1. The molecule has 6 nitrogen and oxygen atoms in total. The molecular weight excluding hydrogens is 298 g/mol. The monoisotopic (exact) mass is 321 g/mol. The van der Waals surface area contributed by atoms with Crippen LogP contribution in [0.4, 0.5) is 0 Å². The molecule has 4 atom stereocenters. The van der Waals surface area contributed by atoms with Crippen LogP contribution in [0.1, 0.15) is 12.5 Å². The van der Waals surface area contributed by atoms with E-state index in [4.69, 9.17) is 19.0 Å². The van der Waals surface area contributed by atoms with E-state index >= 15 is 0 Å². The molecule has 126 valence electrons. The van der Waals surface area contributed by atoms with Gasteiger partial charge >= 0.3 is 0 Å². The van der Waals surface area contributed by atoms with Crippen LogP contribution < -0.4 is 0 Å². The number of aliphatic hydroxyl groups is 1. The molecule has 0 spiro atoms. The van der Waals surface area contributed by atoms with Crippen molar-refractivity contribution in [2.75, 3.05) is 20.3 Å². The van der Waals surface area contributed by atoms with Crippen molar-refractivity contribution in [2.24, 2.45) is 0 Å². The highest BCUT2D eigenvalue weighted by atomic mass is 16.7. The molecule has 0 aliphatic carbocycles. The van der Waals surface area contributed by atoms with Crippen LogP contribution >= 0.6 is 0 Å². The average Bonchev–Trinajstić information content (AvgIpc) is 2.58. The zero-order valence-electron chi connectivity index (χ0n) is 13.4. The van der Waals surface area contributed by atoms with Crippen LogP contribution in [0.2, 0.25) is 0 Å². The Hall–Kier alpha value is -1.44. The van der Waals surface area contributed by atoms with Crippen molar-refractivity contribution in [1.29, 1.82) is 0 Å². The highest BCUT2D eigenvalue weighted by molar-refractivity contribution is 5.17. The molecule has 1 aromatic rings. The molecule has 1 fully saturated rings. The Bertz CT molecular complexity index is 535. The van der Waals surface area contributed by atoms with Crippen LogP contribution in [0.5, 0.6) is 0 Å². The molecule has 0 amide bonds. The highest BCUT2D eigenvalue weighted by Gasteiger charge is 2.42. The summed E-state index contributed by atoms with van der Waals surface area (Å²) in [5, 5.41) is 12.1. The normalized spacial score (nSPS) is 32.4. The van der Waals surface area contributed by atoms with Gasteiger partial charge in [0.05, 0.1) is 26.9 Å². The molecule has 1 aromatic carbocycles. The van der Waals surface area contributed by atoms with Crippen molar-refractivity contribution in [3.8, 4) is 0 Å². The van der Waals surface area contributed by atoms with Crippen LogP contribution in [0.3, 0.4) is 0 Å². The zero-order chi connectivity index (χ0) is 16.2. The molecule has 2 aliphatic rings. The lowest BCUT2D eigenvalue weighted by Gasteiger charge is -2.43. The van der Waals surface area contributed by atoms with Crippen molar-refractivity contribution in [3.63, 3.8) is 0 Å². The van der Waals surface area contributed by atoms with E-state index in [1.807, 2.05) is 48.4 Å². The summed E-state index contributed by atoms with van der Waals surface area (Å²) in [6.45, 7) is 3.06. The van der Waals surface area contributed by atoms with E-state index < -0.39 is 12.2 Å². The van der Waals surface area contributed by atoms with E-state index in [2.05, 4.69) is 0 Å². The Balaban J connectivity index is 1.83. The second-order valence-corrected chi connectivity index (χ2v) is 5.68. The number of rotatable bonds is 4. The second kappa shape index (κ2) is 7.42. The van der Waals surface area contributed by atoms with Gasteiger partial charge in [0.1, 0.15) is 24.0 Å². The number of hydrogen-bond donors (Lipinski definition) is 1. The third-order valence-electron chi connectivity index (χ3n) is 4.08. The fourth-order valence-electron chi connectivity index (χ4n) is 2.96. The van der Waals surface area contributed by atoms with E-state index in [1.165, 1.54) is 0 Å². The number of ether oxygens (including phenoxy) is 3. The SMILES string of the molecule is COC1=CCON(Cc2ccccc2)[C@H]1[C@@H]1O[C@H](C)OC[C@H]1O. The van der Waals surface area contributed by atoms with E-state index in [9.17, 15) is 5.11 Å². The Morgan fingerprint density at radius 1 is 1.30 bits per heavy atom. The van der Waals surface area contributed by atoms with E-state index in [0.29, 0.717) is 13.2 Å². The van der Waals surface area contributed by atoms with Gasteiger partial charge in [-0.2, -0.15) is 5.06 Å². The highest BCUT2D eigenvalue weighted by Crippen LogP contribution is 2.29. The Morgan fingerprint density at radius 3 is 2.83 bits per heavy atom. The van der Waals surface area contributed by atoms with E-state index in [1.54, 1.807) is 7.11 Å². The zero-order valence-corrected chi connectivity index (χ0v) is 13.4. The first-order chi connectivity index (χ1) is 11.2. The fourth-order valence-corrected chi connectivity index (χ4v) is 2.96. The summed E-state index contributed by atoms with van der Waals surface area (Å²) < 4.78 is 16.7. The van der Waals surface area contributed by atoms with Crippen LogP contribution in [0.25, 0.3) is 0 Å². The topological polar surface area (TPSA) is 60.4 Å². The molecule has 23 heavy (non-hydrogen) atoms. The van der Waals surface area contributed by atoms with E-state index in [-0.39, 0.29) is 18.9 Å². The number of aliphatic hydroxyl groups excluding tert-OH is 1. The maximum absolute atomic E-state index is 10.3. The van der Waals surface area contributed by atoms with Gasteiger partial charge in [-0.15, -0.1) is 0 Å². The van der Waals surface area contributed by atoms with Gasteiger partial charge in [0.15, 0.2) is 6.29 Å². The van der Waals surface area contributed by atoms with Crippen molar-refractivity contribution in [1.82, 2.24) is 5.06 Å². The van der Waals surface area contributed by atoms with Gasteiger partial charge < -0.3 is 19.3 Å². The first-order valence-electron chi connectivity index (χ1n) is 7.81. The summed E-state index contributed by atoms with van der Waals surface area (Å²) >= 11 is 0. The largest absolute Gasteiger partial charge is 0.499 e. The van der Waals surface area contributed by atoms with Gasteiger partial charge in [-0.1, -0.05) is 30.3 Å². The Kier molecular flexibility index (Phi) is 5.30. The first-order valence-corrected chi connectivity index (χ1v) is 7.81. The van der Waals surface area contributed by atoms with Gasteiger partial charge in [0.25, 0.3) is 0 Å². The van der Waals surface area contributed by atoms with Crippen LogP contribution in [-0.4, -0.2) is 55.0 Å². The summed E-state index contributed by atoms with van der Waals surface area (Å²) in [6, 6.07) is 9.71. The van der Waals surface area contributed by atoms with Crippen molar-refractivity contribution < 1.29 is 24.2 Å². The van der Waals surface area contributed by atoms with Gasteiger partial charge in [-0.3, -0.25) is 4.84 Å². The minimum absolute atomic E-state index is 0.235. The van der Waals surface area contributed by atoms with Crippen molar-refractivity contribution in [3.05, 3.63) is 47.7 Å². The number of nitrogens with zero attached hydrogens (tertiary/aromatic N) is 1. The van der Waals surface area contributed by atoms with Crippen LogP contribution in [0.15, 0.2) is 42.2 Å².